The van der Waals surface area contributed by atoms with E-state index >= 15 is 0 Å². The Hall–Kier alpha value is -3.15. The van der Waals surface area contributed by atoms with Gasteiger partial charge in [0, 0.05) is 11.1 Å². The molecule has 1 aliphatic rings. The first kappa shape index (κ1) is 23.0. The standard InChI is InChI=1S/C27H33N3O3/c1-2-3-4-5-9-18-10-6-12-20-21-13-8-14-22(27(32)33)25(21)30(24(20)16-18)17-19-11-7-15-23(29-19)26(28)31/h7-8,11,13-15,18H,2-6,9-10,12,16-17H2,1H3,(H2,28,31)(H,32,33). The van der Waals surface area contributed by atoms with E-state index in [0.29, 0.717) is 23.7 Å². The zero-order valence-electron chi connectivity index (χ0n) is 19.3. The molecular weight excluding hydrogens is 414 g/mol. The predicted octanol–water partition coefficient (Wildman–Crippen LogP) is 5.35. The van der Waals surface area contributed by atoms with Gasteiger partial charge in [-0.15, -0.1) is 0 Å². The van der Waals surface area contributed by atoms with Gasteiger partial charge in [-0.25, -0.2) is 9.78 Å². The highest BCUT2D eigenvalue weighted by molar-refractivity contribution is 6.04. The molecule has 174 valence electrons. The van der Waals surface area contributed by atoms with Crippen molar-refractivity contribution in [3.8, 4) is 0 Å². The summed E-state index contributed by atoms with van der Waals surface area (Å²) in [4.78, 5) is 28.2. The summed E-state index contributed by atoms with van der Waals surface area (Å²) in [6.07, 6.45) is 10.5. The van der Waals surface area contributed by atoms with Crippen molar-refractivity contribution in [2.24, 2.45) is 11.7 Å². The van der Waals surface area contributed by atoms with Gasteiger partial charge < -0.3 is 15.4 Å². The molecule has 2 heterocycles. The van der Waals surface area contributed by atoms with Crippen molar-refractivity contribution in [2.75, 3.05) is 0 Å². The molecule has 0 saturated heterocycles. The summed E-state index contributed by atoms with van der Waals surface area (Å²) in [5.41, 5.74) is 9.94. The van der Waals surface area contributed by atoms with E-state index in [1.165, 1.54) is 49.8 Å². The molecule has 1 aliphatic carbocycles. The molecule has 0 saturated carbocycles. The van der Waals surface area contributed by atoms with E-state index in [-0.39, 0.29) is 5.69 Å². The van der Waals surface area contributed by atoms with Crippen LogP contribution in [-0.2, 0) is 19.4 Å². The van der Waals surface area contributed by atoms with Crippen LogP contribution in [0.3, 0.4) is 0 Å². The number of carboxylic acid groups (broad SMARTS) is 1. The summed E-state index contributed by atoms with van der Waals surface area (Å²) in [6, 6.07) is 10.8. The Morgan fingerprint density at radius 1 is 1.15 bits per heavy atom. The fourth-order valence-corrected chi connectivity index (χ4v) is 5.31. The fraction of sp³-hybridized carbons (Fsp3) is 0.444. The third-order valence-electron chi connectivity index (χ3n) is 6.90. The average Bonchev–Trinajstić information content (AvgIpc) is 2.95. The predicted molar refractivity (Wildman–Crippen MR) is 130 cm³/mol. The SMILES string of the molecule is CCCCCCC1CCCc2c(n(Cc3cccc(C(N)=O)n3)c3c(C(=O)O)cccc23)C1. The second-order valence-electron chi connectivity index (χ2n) is 9.21. The first-order chi connectivity index (χ1) is 16.0. The number of aromatic carboxylic acids is 1. The maximum absolute atomic E-state index is 12.1. The summed E-state index contributed by atoms with van der Waals surface area (Å²) < 4.78 is 2.14. The number of rotatable bonds is 9. The number of fused-ring (bicyclic) bond motifs is 3. The molecule has 6 heteroatoms. The normalized spacial score (nSPS) is 15.8. The van der Waals surface area contributed by atoms with Crippen LogP contribution in [0.2, 0.25) is 0 Å². The summed E-state index contributed by atoms with van der Waals surface area (Å²) in [5.74, 6) is -0.889. The number of benzene rings is 1. The van der Waals surface area contributed by atoms with Gasteiger partial charge in [0.25, 0.3) is 5.91 Å². The second kappa shape index (κ2) is 10.2. The van der Waals surface area contributed by atoms with Gasteiger partial charge >= 0.3 is 5.97 Å². The second-order valence-corrected chi connectivity index (χ2v) is 9.21. The molecular formula is C27H33N3O3. The van der Waals surface area contributed by atoms with Crippen LogP contribution >= 0.6 is 0 Å². The lowest BCUT2D eigenvalue weighted by molar-refractivity contribution is 0.0698. The number of amides is 1. The number of nitrogens with zero attached hydrogens (tertiary/aromatic N) is 2. The highest BCUT2D eigenvalue weighted by Gasteiger charge is 2.26. The van der Waals surface area contributed by atoms with Crippen LogP contribution in [0.4, 0.5) is 0 Å². The minimum absolute atomic E-state index is 0.224. The molecule has 0 bridgehead atoms. The summed E-state index contributed by atoms with van der Waals surface area (Å²) in [7, 11) is 0. The molecule has 3 N–H and O–H groups in total. The summed E-state index contributed by atoms with van der Waals surface area (Å²) in [6.45, 7) is 2.65. The topological polar surface area (TPSA) is 98.2 Å². The van der Waals surface area contributed by atoms with E-state index in [0.717, 1.165) is 30.2 Å². The third kappa shape index (κ3) is 4.95. The number of carboxylic acids is 1. The molecule has 4 rings (SSSR count). The van der Waals surface area contributed by atoms with Crippen LogP contribution in [0.25, 0.3) is 10.9 Å². The zero-order valence-corrected chi connectivity index (χ0v) is 19.3. The van der Waals surface area contributed by atoms with Crippen LogP contribution in [0.1, 0.15) is 89.7 Å². The van der Waals surface area contributed by atoms with Crippen LogP contribution in [0, 0.1) is 5.92 Å². The molecule has 0 radical (unpaired) electrons. The number of aromatic nitrogens is 2. The van der Waals surface area contributed by atoms with Crippen molar-refractivity contribution in [3.63, 3.8) is 0 Å². The van der Waals surface area contributed by atoms with Crippen molar-refractivity contribution >= 4 is 22.8 Å². The number of hydrogen-bond donors (Lipinski definition) is 2. The Labute approximate surface area is 194 Å². The molecule has 6 nitrogen and oxygen atoms in total. The zero-order chi connectivity index (χ0) is 23.4. The molecule has 1 atom stereocenters. The molecule has 1 unspecified atom stereocenters. The van der Waals surface area contributed by atoms with E-state index in [4.69, 9.17) is 5.73 Å². The Balaban J connectivity index is 1.78. The first-order valence-corrected chi connectivity index (χ1v) is 12.1. The Morgan fingerprint density at radius 2 is 1.97 bits per heavy atom. The maximum Gasteiger partial charge on any atom is 0.337 e. The van der Waals surface area contributed by atoms with Crippen molar-refractivity contribution in [3.05, 3.63) is 64.6 Å². The van der Waals surface area contributed by atoms with Crippen LogP contribution in [0.15, 0.2) is 36.4 Å². The number of hydrogen-bond acceptors (Lipinski definition) is 3. The molecule has 0 aliphatic heterocycles. The smallest absolute Gasteiger partial charge is 0.337 e. The highest BCUT2D eigenvalue weighted by atomic mass is 16.4. The molecule has 1 amide bonds. The van der Waals surface area contributed by atoms with Crippen molar-refractivity contribution in [1.82, 2.24) is 9.55 Å². The highest BCUT2D eigenvalue weighted by Crippen LogP contribution is 2.36. The van der Waals surface area contributed by atoms with Crippen molar-refractivity contribution < 1.29 is 14.7 Å². The van der Waals surface area contributed by atoms with Crippen LogP contribution in [-0.4, -0.2) is 26.5 Å². The lowest BCUT2D eigenvalue weighted by atomic mass is 9.93. The van der Waals surface area contributed by atoms with Gasteiger partial charge in [-0.1, -0.05) is 57.2 Å². The number of para-hydroxylation sites is 1. The Kier molecular flexibility index (Phi) is 7.11. The first-order valence-electron chi connectivity index (χ1n) is 12.1. The quantitative estimate of drug-likeness (QED) is 0.341. The number of primary amides is 1. The molecule has 0 spiro atoms. The van der Waals surface area contributed by atoms with Gasteiger partial charge in [0.15, 0.2) is 0 Å². The number of pyridine rings is 1. The number of unbranched alkanes of at least 4 members (excludes halogenated alkanes) is 3. The largest absolute Gasteiger partial charge is 0.478 e. The molecule has 1 aromatic carbocycles. The fourth-order valence-electron chi connectivity index (χ4n) is 5.31. The number of carbonyl (C=O) groups excluding carboxylic acids is 1. The average molecular weight is 448 g/mol. The van der Waals surface area contributed by atoms with E-state index in [2.05, 4.69) is 16.5 Å². The van der Waals surface area contributed by atoms with Gasteiger partial charge in [-0.2, -0.15) is 0 Å². The van der Waals surface area contributed by atoms with E-state index in [1.54, 1.807) is 18.2 Å². The minimum atomic E-state index is -0.926. The van der Waals surface area contributed by atoms with E-state index in [9.17, 15) is 14.7 Å². The minimum Gasteiger partial charge on any atom is -0.478 e. The lowest BCUT2D eigenvalue weighted by Crippen LogP contribution is -2.16. The lowest BCUT2D eigenvalue weighted by Gasteiger charge is -2.18. The molecule has 0 fully saturated rings. The number of aryl methyl sites for hydroxylation is 1. The van der Waals surface area contributed by atoms with Gasteiger partial charge in [0.2, 0.25) is 0 Å². The Bertz CT molecular complexity index is 1160. The van der Waals surface area contributed by atoms with Crippen molar-refractivity contribution in [2.45, 2.75) is 71.3 Å². The monoisotopic (exact) mass is 447 g/mol. The summed E-state index contributed by atoms with van der Waals surface area (Å²) >= 11 is 0. The molecule has 2 aromatic heterocycles. The van der Waals surface area contributed by atoms with Gasteiger partial charge in [-0.3, -0.25) is 4.79 Å². The summed E-state index contributed by atoms with van der Waals surface area (Å²) in [5, 5.41) is 11.0. The van der Waals surface area contributed by atoms with Gasteiger partial charge in [0.1, 0.15) is 5.69 Å². The van der Waals surface area contributed by atoms with Crippen molar-refractivity contribution in [1.29, 1.82) is 0 Å². The van der Waals surface area contributed by atoms with Crippen LogP contribution < -0.4 is 5.73 Å². The maximum atomic E-state index is 12.1. The van der Waals surface area contributed by atoms with Gasteiger partial charge in [0.05, 0.1) is 23.3 Å². The Morgan fingerprint density at radius 3 is 2.73 bits per heavy atom. The third-order valence-corrected chi connectivity index (χ3v) is 6.90. The number of nitrogens with two attached hydrogens (primary N) is 1. The molecule has 33 heavy (non-hydrogen) atoms. The van der Waals surface area contributed by atoms with E-state index in [1.807, 2.05) is 18.2 Å². The molecule has 3 aromatic rings. The number of carbonyl (C=O) groups is 2. The van der Waals surface area contributed by atoms with Gasteiger partial charge in [-0.05, 0) is 55.4 Å². The van der Waals surface area contributed by atoms with E-state index < -0.39 is 11.9 Å². The van der Waals surface area contributed by atoms with Crippen LogP contribution in [0.5, 0.6) is 0 Å².